The normalized spacial score (nSPS) is 17.4. The number of rotatable bonds is 7. The fraction of sp³-hybridized carbons (Fsp3) is 0.923. The quantitative estimate of drug-likeness (QED) is 0.710. The van der Waals surface area contributed by atoms with Crippen molar-refractivity contribution in [1.82, 2.24) is 10.2 Å². The van der Waals surface area contributed by atoms with E-state index in [2.05, 4.69) is 11.6 Å². The molecule has 0 bridgehead atoms. The third-order valence-corrected chi connectivity index (χ3v) is 4.10. The molecule has 1 saturated heterocycles. The lowest BCUT2D eigenvalue weighted by Crippen LogP contribution is -2.44. The number of nitrogens with zero attached hydrogens (tertiary/aromatic N) is 1. The van der Waals surface area contributed by atoms with E-state index in [9.17, 15) is 4.79 Å². The Kier molecular flexibility index (Phi) is 7.69. The second kappa shape index (κ2) is 8.81. The molecule has 17 heavy (non-hydrogen) atoms. The van der Waals surface area contributed by atoms with E-state index in [-0.39, 0.29) is 5.91 Å². The van der Waals surface area contributed by atoms with Crippen LogP contribution < -0.4 is 5.32 Å². The minimum Gasteiger partial charge on any atom is -0.343 e. The highest BCUT2D eigenvalue weighted by Crippen LogP contribution is 2.10. The maximum absolute atomic E-state index is 11.2. The zero-order valence-corrected chi connectivity index (χ0v) is 12.0. The number of piperidine rings is 1. The number of nitrogens with one attached hydrogen (secondary N) is 1. The van der Waals surface area contributed by atoms with Crippen molar-refractivity contribution in [2.75, 3.05) is 31.6 Å². The van der Waals surface area contributed by atoms with E-state index in [1.807, 2.05) is 16.7 Å². The Morgan fingerprint density at radius 1 is 1.29 bits per heavy atom. The van der Waals surface area contributed by atoms with E-state index >= 15 is 0 Å². The first-order chi connectivity index (χ1) is 8.24. The van der Waals surface area contributed by atoms with Crippen LogP contribution in [0.25, 0.3) is 0 Å². The number of thioether (sulfide) groups is 1. The molecule has 1 aliphatic heterocycles. The van der Waals surface area contributed by atoms with Gasteiger partial charge in [-0.05, 0) is 44.2 Å². The highest BCUT2D eigenvalue weighted by Gasteiger charge is 2.19. The molecule has 0 saturated carbocycles. The molecular weight excluding hydrogens is 232 g/mol. The summed E-state index contributed by atoms with van der Waals surface area (Å²) in [4.78, 5) is 13.1. The van der Waals surface area contributed by atoms with E-state index in [1.54, 1.807) is 6.92 Å². The summed E-state index contributed by atoms with van der Waals surface area (Å²) < 4.78 is 0. The molecule has 3 nitrogen and oxygen atoms in total. The first kappa shape index (κ1) is 14.8. The van der Waals surface area contributed by atoms with Crippen molar-refractivity contribution in [3.63, 3.8) is 0 Å². The van der Waals surface area contributed by atoms with Crippen LogP contribution >= 0.6 is 11.8 Å². The minimum absolute atomic E-state index is 0.223. The van der Waals surface area contributed by atoms with Crippen LogP contribution in [0, 0.1) is 0 Å². The van der Waals surface area contributed by atoms with Gasteiger partial charge in [-0.2, -0.15) is 11.8 Å². The maximum Gasteiger partial charge on any atom is 0.219 e. The lowest BCUT2D eigenvalue weighted by atomic mass is 10.0. The fourth-order valence-electron chi connectivity index (χ4n) is 2.25. The van der Waals surface area contributed by atoms with Crippen molar-refractivity contribution in [2.45, 2.75) is 45.1 Å². The summed E-state index contributed by atoms with van der Waals surface area (Å²) in [5.74, 6) is 1.51. The number of amides is 1. The van der Waals surface area contributed by atoms with Crippen LogP contribution in [-0.4, -0.2) is 48.5 Å². The largest absolute Gasteiger partial charge is 0.343 e. The van der Waals surface area contributed by atoms with Gasteiger partial charge < -0.3 is 10.2 Å². The Hall–Kier alpha value is -0.220. The van der Waals surface area contributed by atoms with Gasteiger partial charge in [0.2, 0.25) is 5.91 Å². The molecule has 1 rings (SSSR count). The van der Waals surface area contributed by atoms with E-state index < -0.39 is 0 Å². The number of hydrogen-bond donors (Lipinski definition) is 1. The van der Waals surface area contributed by atoms with Crippen molar-refractivity contribution in [2.24, 2.45) is 0 Å². The summed E-state index contributed by atoms with van der Waals surface area (Å²) in [5, 5.41) is 3.61. The summed E-state index contributed by atoms with van der Waals surface area (Å²) in [6, 6.07) is 0.631. The van der Waals surface area contributed by atoms with Crippen molar-refractivity contribution in [3.8, 4) is 0 Å². The summed E-state index contributed by atoms with van der Waals surface area (Å²) in [6.07, 6.45) is 8.36. The van der Waals surface area contributed by atoms with E-state index in [4.69, 9.17) is 0 Å². The van der Waals surface area contributed by atoms with Crippen LogP contribution in [0.3, 0.4) is 0 Å². The number of likely N-dealkylation sites (tertiary alicyclic amines) is 1. The predicted molar refractivity (Wildman–Crippen MR) is 75.5 cm³/mol. The van der Waals surface area contributed by atoms with Crippen molar-refractivity contribution in [3.05, 3.63) is 0 Å². The van der Waals surface area contributed by atoms with Gasteiger partial charge in [0.25, 0.3) is 0 Å². The van der Waals surface area contributed by atoms with E-state index in [1.165, 1.54) is 25.0 Å². The molecule has 4 heteroatoms. The monoisotopic (exact) mass is 258 g/mol. The number of hydrogen-bond acceptors (Lipinski definition) is 3. The second-order valence-electron chi connectivity index (χ2n) is 4.79. The Bertz CT molecular complexity index is 215. The number of unbranched alkanes of at least 4 members (excludes halogenated alkanes) is 2. The third-order valence-electron chi connectivity index (χ3n) is 3.40. The number of carbonyl (C=O) groups is 1. The molecule has 1 heterocycles. The van der Waals surface area contributed by atoms with E-state index in [0.29, 0.717) is 6.04 Å². The SMILES string of the molecule is CSCCCCCNC1CCN(C(C)=O)CC1. The molecule has 0 aromatic heterocycles. The zero-order chi connectivity index (χ0) is 12.5. The van der Waals surface area contributed by atoms with Gasteiger partial charge >= 0.3 is 0 Å². The molecule has 1 fully saturated rings. The summed E-state index contributed by atoms with van der Waals surface area (Å²) in [5.41, 5.74) is 0. The lowest BCUT2D eigenvalue weighted by molar-refractivity contribution is -0.129. The lowest BCUT2D eigenvalue weighted by Gasteiger charge is -2.31. The van der Waals surface area contributed by atoms with Crippen LogP contribution in [-0.2, 0) is 4.79 Å². The molecule has 0 radical (unpaired) electrons. The minimum atomic E-state index is 0.223. The van der Waals surface area contributed by atoms with Gasteiger partial charge in [-0.15, -0.1) is 0 Å². The third kappa shape index (κ3) is 6.32. The molecule has 100 valence electrons. The average molecular weight is 258 g/mol. The Labute approximate surface area is 110 Å². The number of carbonyl (C=O) groups excluding carboxylic acids is 1. The molecule has 1 N–H and O–H groups in total. The molecule has 0 spiro atoms. The highest BCUT2D eigenvalue weighted by atomic mass is 32.2. The van der Waals surface area contributed by atoms with Gasteiger partial charge in [-0.3, -0.25) is 4.79 Å². The highest BCUT2D eigenvalue weighted by molar-refractivity contribution is 7.98. The van der Waals surface area contributed by atoms with Gasteiger partial charge in [0, 0.05) is 26.1 Å². The van der Waals surface area contributed by atoms with Crippen LogP contribution in [0.4, 0.5) is 0 Å². The fourth-order valence-corrected chi connectivity index (χ4v) is 2.75. The maximum atomic E-state index is 11.2. The topological polar surface area (TPSA) is 32.3 Å². The Morgan fingerprint density at radius 2 is 2.00 bits per heavy atom. The summed E-state index contributed by atoms with van der Waals surface area (Å²) in [6.45, 7) is 4.66. The molecule has 1 amide bonds. The van der Waals surface area contributed by atoms with Gasteiger partial charge in [0.05, 0.1) is 0 Å². The standard InChI is InChI=1S/C13H26N2OS/c1-12(16)15-9-6-13(7-10-15)14-8-4-3-5-11-17-2/h13-14H,3-11H2,1-2H3. The molecule has 0 aromatic rings. The molecule has 0 unspecified atom stereocenters. The second-order valence-corrected chi connectivity index (χ2v) is 5.77. The van der Waals surface area contributed by atoms with Gasteiger partial charge in [0.1, 0.15) is 0 Å². The molecule has 0 aliphatic carbocycles. The zero-order valence-electron chi connectivity index (χ0n) is 11.2. The molecule has 1 aliphatic rings. The average Bonchev–Trinajstić information content (AvgIpc) is 2.34. The van der Waals surface area contributed by atoms with Crippen LogP contribution in [0.5, 0.6) is 0 Å². The first-order valence-electron chi connectivity index (χ1n) is 6.72. The predicted octanol–water partition coefficient (Wildman–Crippen LogP) is 2.12. The first-order valence-corrected chi connectivity index (χ1v) is 8.11. The Morgan fingerprint density at radius 3 is 2.59 bits per heavy atom. The smallest absolute Gasteiger partial charge is 0.219 e. The van der Waals surface area contributed by atoms with Crippen LogP contribution in [0.15, 0.2) is 0 Å². The van der Waals surface area contributed by atoms with Crippen LogP contribution in [0.1, 0.15) is 39.0 Å². The van der Waals surface area contributed by atoms with Crippen molar-refractivity contribution < 1.29 is 4.79 Å². The summed E-state index contributed by atoms with van der Waals surface area (Å²) >= 11 is 1.93. The van der Waals surface area contributed by atoms with Gasteiger partial charge in [-0.25, -0.2) is 0 Å². The summed E-state index contributed by atoms with van der Waals surface area (Å²) in [7, 11) is 0. The van der Waals surface area contributed by atoms with Gasteiger partial charge in [0.15, 0.2) is 0 Å². The molecule has 0 aromatic carbocycles. The Balaban J connectivity index is 1.97. The van der Waals surface area contributed by atoms with Crippen molar-refractivity contribution >= 4 is 17.7 Å². The molecule has 0 atom stereocenters. The van der Waals surface area contributed by atoms with Crippen LogP contribution in [0.2, 0.25) is 0 Å². The van der Waals surface area contributed by atoms with Gasteiger partial charge in [-0.1, -0.05) is 6.42 Å². The van der Waals surface area contributed by atoms with Crippen molar-refractivity contribution in [1.29, 1.82) is 0 Å². The molecular formula is C13H26N2OS. The van der Waals surface area contributed by atoms with E-state index in [0.717, 1.165) is 32.5 Å².